The maximum absolute atomic E-state index is 11.6. The van der Waals surface area contributed by atoms with Crippen LogP contribution in [0.2, 0.25) is 0 Å². The first-order chi connectivity index (χ1) is 12.2. The van der Waals surface area contributed by atoms with Gasteiger partial charge in [0.05, 0.1) is 23.3 Å². The Hall–Kier alpha value is -3.39. The lowest BCUT2D eigenvalue weighted by atomic mass is 10.1. The van der Waals surface area contributed by atoms with E-state index in [0.717, 1.165) is 5.69 Å². The molecule has 0 bridgehead atoms. The molecule has 0 unspecified atom stereocenters. The van der Waals surface area contributed by atoms with Crippen molar-refractivity contribution in [3.8, 4) is 0 Å². The van der Waals surface area contributed by atoms with Crippen molar-refractivity contribution in [2.75, 3.05) is 5.01 Å². The first-order valence-electron chi connectivity index (χ1n) is 7.73. The van der Waals surface area contributed by atoms with Crippen LogP contribution in [0.4, 0.5) is 5.69 Å². The van der Waals surface area contributed by atoms with Crippen LogP contribution in [0, 0.1) is 10.1 Å². The normalized spacial score (nSPS) is 20.3. The summed E-state index contributed by atoms with van der Waals surface area (Å²) in [5.41, 5.74) is 0.734. The van der Waals surface area contributed by atoms with E-state index in [1.165, 1.54) is 6.26 Å². The fourth-order valence-electron chi connectivity index (χ4n) is 2.90. The van der Waals surface area contributed by atoms with E-state index in [1.807, 2.05) is 41.7 Å². The number of amidine groups is 1. The van der Waals surface area contributed by atoms with Crippen LogP contribution >= 0.6 is 0 Å². The van der Waals surface area contributed by atoms with Gasteiger partial charge in [0, 0.05) is 0 Å². The number of hydrogen-bond donors (Lipinski definition) is 1. The standard InChI is InChI=1S/C17H14N4O4/c22-21(23)17-15(13-8-4-10-24-13)18-16(14-9-5-11-25-14)20(19-17)12-6-2-1-3-7-12/h1-11,15-16,18H/p+1/t15-,16-/m0/s1. The summed E-state index contributed by atoms with van der Waals surface area (Å²) in [6.45, 7) is 0. The number of anilines is 1. The molecule has 25 heavy (non-hydrogen) atoms. The summed E-state index contributed by atoms with van der Waals surface area (Å²) >= 11 is 0. The Kier molecular flexibility index (Phi) is 3.79. The van der Waals surface area contributed by atoms with Crippen LogP contribution < -0.4 is 10.3 Å². The summed E-state index contributed by atoms with van der Waals surface area (Å²) in [5, 5.41) is 19.3. The smallest absolute Gasteiger partial charge is 0.430 e. The van der Waals surface area contributed by atoms with Crippen molar-refractivity contribution in [2.24, 2.45) is 5.10 Å². The summed E-state index contributed by atoms with van der Waals surface area (Å²) in [6, 6.07) is 15.6. The number of nitrogens with zero attached hydrogens (tertiary/aromatic N) is 3. The Balaban J connectivity index is 1.83. The molecule has 0 saturated heterocycles. The molecule has 0 spiro atoms. The number of rotatable bonds is 3. The maximum Gasteiger partial charge on any atom is 0.430 e. The predicted octanol–water partition coefficient (Wildman–Crippen LogP) is 2.29. The number of nitro groups is 1. The minimum Gasteiger partial charge on any atom is -0.462 e. The summed E-state index contributed by atoms with van der Waals surface area (Å²) in [6.07, 6.45) is 2.67. The lowest BCUT2D eigenvalue weighted by Gasteiger charge is -2.27. The first-order valence-corrected chi connectivity index (χ1v) is 7.73. The molecule has 0 amide bonds. The lowest BCUT2D eigenvalue weighted by molar-refractivity contribution is -0.732. The minimum absolute atomic E-state index is 0.193. The van der Waals surface area contributed by atoms with Gasteiger partial charge in [-0.1, -0.05) is 18.2 Å². The van der Waals surface area contributed by atoms with Crippen molar-refractivity contribution in [3.63, 3.8) is 0 Å². The van der Waals surface area contributed by atoms with Crippen molar-refractivity contribution in [1.29, 1.82) is 0 Å². The number of benzene rings is 1. The molecule has 0 radical (unpaired) electrons. The largest absolute Gasteiger partial charge is 0.462 e. The molecule has 126 valence electrons. The van der Waals surface area contributed by atoms with E-state index in [-0.39, 0.29) is 5.84 Å². The van der Waals surface area contributed by atoms with E-state index in [2.05, 4.69) is 5.10 Å². The molecular formula is C17H15N4O4+. The van der Waals surface area contributed by atoms with E-state index in [1.54, 1.807) is 29.5 Å². The van der Waals surface area contributed by atoms with Gasteiger partial charge < -0.3 is 18.9 Å². The predicted molar refractivity (Wildman–Crippen MR) is 88.2 cm³/mol. The molecule has 4 rings (SSSR count). The molecule has 0 aliphatic carbocycles. The zero-order valence-corrected chi connectivity index (χ0v) is 13.1. The molecule has 3 aromatic rings. The van der Waals surface area contributed by atoms with E-state index < -0.39 is 17.1 Å². The van der Waals surface area contributed by atoms with Gasteiger partial charge >= 0.3 is 5.84 Å². The second-order valence-corrected chi connectivity index (χ2v) is 5.54. The topological polar surface area (TPSA) is 102 Å². The first kappa shape index (κ1) is 15.2. The van der Waals surface area contributed by atoms with Gasteiger partial charge in [0.25, 0.3) is 12.2 Å². The van der Waals surface area contributed by atoms with Crippen LogP contribution in [-0.4, -0.2) is 10.8 Å². The average molecular weight is 339 g/mol. The number of furan rings is 2. The molecular weight excluding hydrogens is 324 g/mol. The van der Waals surface area contributed by atoms with Gasteiger partial charge in [-0.25, -0.2) is 0 Å². The third-order valence-electron chi connectivity index (χ3n) is 4.02. The van der Waals surface area contributed by atoms with Gasteiger partial charge in [-0.15, -0.1) is 5.01 Å². The Morgan fingerprint density at radius 3 is 2.28 bits per heavy atom. The van der Waals surface area contributed by atoms with Gasteiger partial charge in [-0.05, 0) is 41.3 Å². The Morgan fingerprint density at radius 1 is 1.00 bits per heavy atom. The zero-order chi connectivity index (χ0) is 17.2. The Bertz CT molecular complexity index is 875. The zero-order valence-electron chi connectivity index (χ0n) is 13.1. The van der Waals surface area contributed by atoms with Crippen LogP contribution in [0.15, 0.2) is 81.1 Å². The molecule has 1 aliphatic rings. The quantitative estimate of drug-likeness (QED) is 0.583. The van der Waals surface area contributed by atoms with Gasteiger partial charge in [-0.3, -0.25) is 5.32 Å². The van der Waals surface area contributed by atoms with Crippen LogP contribution in [0.1, 0.15) is 23.7 Å². The fourth-order valence-corrected chi connectivity index (χ4v) is 2.90. The Morgan fingerprint density at radius 2 is 1.68 bits per heavy atom. The summed E-state index contributed by atoms with van der Waals surface area (Å²) in [5.74, 6) is 0.924. The number of hydrogen-bond acceptors (Lipinski definition) is 6. The number of nitrogens with two attached hydrogens (primary N) is 1. The summed E-state index contributed by atoms with van der Waals surface area (Å²) in [7, 11) is 0. The van der Waals surface area contributed by atoms with E-state index >= 15 is 0 Å². The maximum atomic E-state index is 11.6. The highest BCUT2D eigenvalue weighted by atomic mass is 16.6. The van der Waals surface area contributed by atoms with Gasteiger partial charge in [0.15, 0.2) is 11.5 Å². The molecule has 8 nitrogen and oxygen atoms in total. The van der Waals surface area contributed by atoms with Crippen molar-refractivity contribution in [1.82, 2.24) is 0 Å². The molecule has 1 aliphatic heterocycles. The number of hydrazone groups is 1. The van der Waals surface area contributed by atoms with Gasteiger partial charge in [0.1, 0.15) is 0 Å². The van der Waals surface area contributed by atoms with Crippen LogP contribution in [0.5, 0.6) is 0 Å². The van der Waals surface area contributed by atoms with E-state index in [0.29, 0.717) is 11.5 Å². The molecule has 8 heteroatoms. The average Bonchev–Trinajstić information content (AvgIpc) is 3.35. The highest BCUT2D eigenvalue weighted by molar-refractivity contribution is 5.81. The molecule has 2 aromatic heterocycles. The van der Waals surface area contributed by atoms with Crippen molar-refractivity contribution in [2.45, 2.75) is 12.2 Å². The summed E-state index contributed by atoms with van der Waals surface area (Å²) in [4.78, 5) is 11.1. The Labute approximate surface area is 142 Å². The second-order valence-electron chi connectivity index (χ2n) is 5.54. The van der Waals surface area contributed by atoms with Crippen LogP contribution in [-0.2, 0) is 0 Å². The van der Waals surface area contributed by atoms with Crippen LogP contribution in [0.3, 0.4) is 0 Å². The molecule has 1 aromatic carbocycles. The summed E-state index contributed by atoms with van der Waals surface area (Å²) < 4.78 is 10.9. The molecule has 0 fully saturated rings. The highest BCUT2D eigenvalue weighted by Gasteiger charge is 2.47. The fraction of sp³-hybridized carbons (Fsp3) is 0.118. The SMILES string of the molecule is O=[N+]([O-])C1=NN(c2ccccc2)[C@@H](c2ccco2)[NH2+][C@H]1c1ccco1. The molecule has 2 atom stereocenters. The van der Waals surface area contributed by atoms with E-state index in [4.69, 9.17) is 8.83 Å². The number of quaternary nitrogens is 1. The van der Waals surface area contributed by atoms with E-state index in [9.17, 15) is 10.1 Å². The van der Waals surface area contributed by atoms with Crippen molar-refractivity contribution < 1.29 is 19.1 Å². The third kappa shape index (κ3) is 2.79. The second kappa shape index (κ2) is 6.25. The van der Waals surface area contributed by atoms with Gasteiger partial charge in [0.2, 0.25) is 0 Å². The minimum atomic E-state index is -0.667. The highest BCUT2D eigenvalue weighted by Crippen LogP contribution is 2.28. The lowest BCUT2D eigenvalue weighted by Crippen LogP contribution is -2.92. The third-order valence-corrected chi connectivity index (χ3v) is 4.02. The molecule has 0 saturated carbocycles. The monoisotopic (exact) mass is 339 g/mol. The van der Waals surface area contributed by atoms with Crippen molar-refractivity contribution >= 4 is 11.5 Å². The molecule has 3 heterocycles. The molecule has 2 N–H and O–H groups in total. The van der Waals surface area contributed by atoms with Gasteiger partial charge in [-0.2, -0.15) is 0 Å². The van der Waals surface area contributed by atoms with Crippen molar-refractivity contribution in [3.05, 3.63) is 88.8 Å². The van der Waals surface area contributed by atoms with Crippen LogP contribution in [0.25, 0.3) is 0 Å². The number of para-hydroxylation sites is 1.